The lowest BCUT2D eigenvalue weighted by Gasteiger charge is -2.41. The van der Waals surface area contributed by atoms with E-state index in [0.717, 1.165) is 0 Å². The molecule has 0 amide bonds. The average molecular weight is 242 g/mol. The molecular formula is C8H22N2O4S. The van der Waals surface area contributed by atoms with Gasteiger partial charge in [0.25, 0.3) is 0 Å². The van der Waals surface area contributed by atoms with Crippen molar-refractivity contribution in [3.05, 3.63) is 0 Å². The molecule has 0 saturated carbocycles. The van der Waals surface area contributed by atoms with Gasteiger partial charge >= 0.3 is 10.4 Å². The maximum absolute atomic E-state index is 8.74. The van der Waals surface area contributed by atoms with Crippen LogP contribution in [0.5, 0.6) is 0 Å². The Morgan fingerprint density at radius 2 is 1.27 bits per heavy atom. The van der Waals surface area contributed by atoms with Crippen LogP contribution in [0, 0.1) is 11.3 Å². The minimum Gasteiger partial charge on any atom is -0.313 e. The van der Waals surface area contributed by atoms with E-state index in [2.05, 4.69) is 27.7 Å². The third-order valence-electron chi connectivity index (χ3n) is 2.83. The molecule has 0 heterocycles. The van der Waals surface area contributed by atoms with Gasteiger partial charge in [0.1, 0.15) is 0 Å². The van der Waals surface area contributed by atoms with Gasteiger partial charge in [0.05, 0.1) is 5.66 Å². The maximum Gasteiger partial charge on any atom is 0.394 e. The molecular weight excluding hydrogens is 220 g/mol. The van der Waals surface area contributed by atoms with E-state index < -0.39 is 16.1 Å². The average Bonchev–Trinajstić information content (AvgIpc) is 1.79. The summed E-state index contributed by atoms with van der Waals surface area (Å²) in [6, 6.07) is 0. The van der Waals surface area contributed by atoms with Crippen molar-refractivity contribution in [1.29, 1.82) is 0 Å². The van der Waals surface area contributed by atoms with Crippen LogP contribution in [0.15, 0.2) is 0 Å². The molecule has 0 aromatic heterocycles. The molecule has 0 unspecified atom stereocenters. The van der Waals surface area contributed by atoms with Gasteiger partial charge < -0.3 is 11.5 Å². The Bertz CT molecular complexity index is 270. The third kappa shape index (κ3) is 8.76. The molecule has 0 saturated heterocycles. The zero-order valence-electron chi connectivity index (χ0n) is 9.85. The van der Waals surface area contributed by atoms with Crippen LogP contribution in [0.25, 0.3) is 0 Å². The fraction of sp³-hybridized carbons (Fsp3) is 1.00. The first-order chi connectivity index (χ1) is 6.19. The summed E-state index contributed by atoms with van der Waals surface area (Å²) in [6.07, 6.45) is 0. The summed E-state index contributed by atoms with van der Waals surface area (Å²) in [6.45, 7) is 10.3. The van der Waals surface area contributed by atoms with Gasteiger partial charge in [-0.3, -0.25) is 9.11 Å². The second kappa shape index (κ2) is 5.22. The Morgan fingerprint density at radius 1 is 1.07 bits per heavy atom. The standard InChI is InChI=1S/C8H20N2.H2O4S/c1-6(2)7(3,4)8(5,9)10;1-5(2,3)4/h6H,9-10H2,1-5H3;(H2,1,2,3,4). The van der Waals surface area contributed by atoms with Crippen LogP contribution in [0.4, 0.5) is 0 Å². The zero-order chi connectivity index (χ0) is 13.1. The molecule has 0 bridgehead atoms. The molecule has 6 nitrogen and oxygen atoms in total. The summed E-state index contributed by atoms with van der Waals surface area (Å²) >= 11 is 0. The van der Waals surface area contributed by atoms with Crippen LogP contribution in [0.3, 0.4) is 0 Å². The Hall–Kier alpha value is -0.210. The fourth-order valence-corrected chi connectivity index (χ4v) is 0.622. The fourth-order valence-electron chi connectivity index (χ4n) is 0.622. The second-order valence-electron chi connectivity index (χ2n) is 4.61. The predicted molar refractivity (Wildman–Crippen MR) is 59.6 cm³/mol. The third-order valence-corrected chi connectivity index (χ3v) is 2.83. The summed E-state index contributed by atoms with van der Waals surface area (Å²) in [5.41, 5.74) is 11.0. The Balaban J connectivity index is 0. The van der Waals surface area contributed by atoms with Gasteiger partial charge in [-0.05, 0) is 18.3 Å². The smallest absolute Gasteiger partial charge is 0.313 e. The molecule has 6 N–H and O–H groups in total. The van der Waals surface area contributed by atoms with E-state index in [4.69, 9.17) is 29.0 Å². The van der Waals surface area contributed by atoms with Crippen LogP contribution in [-0.2, 0) is 10.4 Å². The minimum atomic E-state index is -4.67. The van der Waals surface area contributed by atoms with Crippen LogP contribution >= 0.6 is 0 Å². The van der Waals surface area contributed by atoms with Crippen LogP contribution in [0.1, 0.15) is 34.6 Å². The molecule has 0 aromatic carbocycles. The summed E-state index contributed by atoms with van der Waals surface area (Å²) < 4.78 is 31.6. The summed E-state index contributed by atoms with van der Waals surface area (Å²) in [5.74, 6) is 0.507. The van der Waals surface area contributed by atoms with Gasteiger partial charge in [-0.2, -0.15) is 8.42 Å². The Kier molecular flexibility index (Phi) is 5.98. The Labute approximate surface area is 91.6 Å². The zero-order valence-corrected chi connectivity index (χ0v) is 10.7. The molecule has 0 radical (unpaired) electrons. The van der Waals surface area contributed by atoms with Crippen LogP contribution < -0.4 is 11.5 Å². The molecule has 0 fully saturated rings. The van der Waals surface area contributed by atoms with Gasteiger partial charge in [-0.15, -0.1) is 0 Å². The van der Waals surface area contributed by atoms with Gasteiger partial charge in [0.15, 0.2) is 0 Å². The minimum absolute atomic E-state index is 0.00694. The van der Waals surface area contributed by atoms with Crippen molar-refractivity contribution < 1.29 is 17.5 Å². The van der Waals surface area contributed by atoms with Crippen molar-refractivity contribution in [1.82, 2.24) is 0 Å². The maximum atomic E-state index is 8.74. The van der Waals surface area contributed by atoms with E-state index in [1.807, 2.05) is 6.92 Å². The molecule has 15 heavy (non-hydrogen) atoms. The lowest BCUT2D eigenvalue weighted by molar-refractivity contribution is 0.121. The predicted octanol–water partition coefficient (Wildman–Crippen LogP) is 0.649. The number of nitrogens with two attached hydrogens (primary N) is 2. The second-order valence-corrected chi connectivity index (χ2v) is 5.50. The Morgan fingerprint density at radius 3 is 1.27 bits per heavy atom. The molecule has 0 aliphatic rings. The van der Waals surface area contributed by atoms with Gasteiger partial charge in [0.2, 0.25) is 0 Å². The first kappa shape index (κ1) is 17.2. The van der Waals surface area contributed by atoms with E-state index in [1.54, 1.807) is 0 Å². The van der Waals surface area contributed by atoms with Crippen LogP contribution in [0.2, 0.25) is 0 Å². The SMILES string of the molecule is CC(C)C(C)(C)C(C)(N)N.O=S(=O)(O)O. The normalized spacial score (nSPS) is 13.5. The highest BCUT2D eigenvalue weighted by Crippen LogP contribution is 2.32. The molecule has 0 aliphatic carbocycles. The van der Waals surface area contributed by atoms with Gasteiger partial charge in [-0.1, -0.05) is 27.7 Å². The molecule has 7 heteroatoms. The lowest BCUT2D eigenvalue weighted by atomic mass is 9.72. The highest BCUT2D eigenvalue weighted by atomic mass is 32.3. The monoisotopic (exact) mass is 242 g/mol. The molecule has 0 atom stereocenters. The lowest BCUT2D eigenvalue weighted by Crippen LogP contribution is -2.59. The van der Waals surface area contributed by atoms with Crippen molar-refractivity contribution in [3.63, 3.8) is 0 Å². The molecule has 0 spiro atoms. The van der Waals surface area contributed by atoms with Gasteiger partial charge in [-0.25, -0.2) is 0 Å². The van der Waals surface area contributed by atoms with Crippen molar-refractivity contribution in [2.45, 2.75) is 40.3 Å². The molecule has 0 aromatic rings. The van der Waals surface area contributed by atoms with E-state index >= 15 is 0 Å². The first-order valence-electron chi connectivity index (χ1n) is 4.47. The largest absolute Gasteiger partial charge is 0.394 e. The van der Waals surface area contributed by atoms with Crippen molar-refractivity contribution >= 4 is 10.4 Å². The number of hydrogen-bond acceptors (Lipinski definition) is 4. The summed E-state index contributed by atoms with van der Waals surface area (Å²) in [5, 5.41) is 0. The summed E-state index contributed by atoms with van der Waals surface area (Å²) in [4.78, 5) is 0. The highest BCUT2D eigenvalue weighted by molar-refractivity contribution is 7.79. The summed E-state index contributed by atoms with van der Waals surface area (Å²) in [7, 11) is -4.67. The molecule has 0 rings (SSSR count). The molecule has 94 valence electrons. The topological polar surface area (TPSA) is 127 Å². The van der Waals surface area contributed by atoms with Crippen molar-refractivity contribution in [3.8, 4) is 0 Å². The number of hydrogen-bond donors (Lipinski definition) is 4. The van der Waals surface area contributed by atoms with Crippen molar-refractivity contribution in [2.24, 2.45) is 22.8 Å². The van der Waals surface area contributed by atoms with E-state index in [1.165, 1.54) is 0 Å². The van der Waals surface area contributed by atoms with E-state index in [0.29, 0.717) is 5.92 Å². The van der Waals surface area contributed by atoms with Crippen LogP contribution in [-0.4, -0.2) is 23.2 Å². The van der Waals surface area contributed by atoms with Gasteiger partial charge in [0, 0.05) is 0 Å². The molecule has 0 aliphatic heterocycles. The van der Waals surface area contributed by atoms with Crippen molar-refractivity contribution in [2.75, 3.05) is 0 Å². The highest BCUT2D eigenvalue weighted by Gasteiger charge is 2.36. The quantitative estimate of drug-likeness (QED) is 0.416. The van der Waals surface area contributed by atoms with E-state index in [9.17, 15) is 0 Å². The van der Waals surface area contributed by atoms with E-state index in [-0.39, 0.29) is 5.41 Å². The first-order valence-corrected chi connectivity index (χ1v) is 5.87. The number of rotatable bonds is 2.